The van der Waals surface area contributed by atoms with Crippen LogP contribution in [-0.2, 0) is 0 Å². The van der Waals surface area contributed by atoms with Crippen molar-refractivity contribution in [3.05, 3.63) is 53.9 Å². The summed E-state index contributed by atoms with van der Waals surface area (Å²) < 4.78 is 0. The van der Waals surface area contributed by atoms with Gasteiger partial charge in [0.15, 0.2) is 6.42 Å². The van der Waals surface area contributed by atoms with Crippen LogP contribution in [0.4, 0.5) is 0 Å². The summed E-state index contributed by atoms with van der Waals surface area (Å²) in [7, 11) is 0. The predicted molar refractivity (Wildman–Crippen MR) is 79.3 cm³/mol. The lowest BCUT2D eigenvalue weighted by Gasteiger charge is -2.28. The van der Waals surface area contributed by atoms with Crippen LogP contribution in [0.15, 0.2) is 23.5 Å². The van der Waals surface area contributed by atoms with Crippen LogP contribution in [0, 0.1) is 30.3 Å². The maximum absolute atomic E-state index is 11.1. The van der Waals surface area contributed by atoms with Crippen LogP contribution in [0.3, 0.4) is 0 Å². The highest BCUT2D eigenvalue weighted by Crippen LogP contribution is 2.30. The number of thioether (sulfide) groups is 2. The minimum atomic E-state index is -2.70. The third-order valence-corrected chi connectivity index (χ3v) is 5.37. The Bertz CT molecular complexity index is 559. The SMILES string of the molecule is O=[N+]([O-])C1=C(NN2CSCSC2)C=CC([N+](=O)[O-])([N+](=O)[O-])C1. The Kier molecular flexibility index (Phi) is 4.87. The van der Waals surface area contributed by atoms with Crippen molar-refractivity contribution in [1.82, 2.24) is 10.4 Å². The minimum Gasteiger partial charge on any atom is -0.312 e. The minimum absolute atomic E-state index is 0.0347. The molecule has 0 spiro atoms. The molecule has 1 aliphatic heterocycles. The lowest BCUT2D eigenvalue weighted by atomic mass is 9.98. The fraction of sp³-hybridized carbons (Fsp3) is 0.556. The van der Waals surface area contributed by atoms with E-state index in [0.29, 0.717) is 11.8 Å². The molecule has 0 aromatic rings. The van der Waals surface area contributed by atoms with Crippen molar-refractivity contribution < 1.29 is 14.8 Å². The molecule has 0 aromatic carbocycles. The predicted octanol–water partition coefficient (Wildman–Crippen LogP) is 0.843. The van der Waals surface area contributed by atoms with E-state index in [-0.39, 0.29) is 5.70 Å². The number of nitrogens with one attached hydrogen (secondary N) is 1. The second-order valence-corrected chi connectivity index (χ2v) is 6.73. The third kappa shape index (κ3) is 3.15. The first-order valence-corrected chi connectivity index (χ1v) is 8.20. The van der Waals surface area contributed by atoms with Crippen molar-refractivity contribution in [2.45, 2.75) is 12.1 Å². The summed E-state index contributed by atoms with van der Waals surface area (Å²) in [6.07, 6.45) is 0.913. The number of hydrogen-bond acceptors (Lipinski definition) is 10. The summed E-state index contributed by atoms with van der Waals surface area (Å²) in [5.74, 6) is 1.18. The van der Waals surface area contributed by atoms with Gasteiger partial charge in [-0.1, -0.05) is 0 Å². The maximum atomic E-state index is 11.1. The lowest BCUT2D eigenvalue weighted by molar-refractivity contribution is -0.782. The molecule has 1 N–H and O–H groups in total. The molecule has 0 unspecified atom stereocenters. The average Bonchev–Trinajstić information content (AvgIpc) is 2.48. The third-order valence-electron chi connectivity index (χ3n) is 3.05. The van der Waals surface area contributed by atoms with Gasteiger partial charge in [-0.3, -0.25) is 30.3 Å². The van der Waals surface area contributed by atoms with Crippen LogP contribution in [0.2, 0.25) is 0 Å². The Morgan fingerprint density at radius 2 is 1.73 bits per heavy atom. The molecule has 0 radical (unpaired) electrons. The summed E-state index contributed by atoms with van der Waals surface area (Å²) in [4.78, 5) is 30.1. The summed E-state index contributed by atoms with van der Waals surface area (Å²) >= 11 is 3.21. The molecular weight excluding hydrogens is 338 g/mol. The molecule has 1 saturated heterocycles. The van der Waals surface area contributed by atoms with E-state index in [4.69, 9.17) is 0 Å². The fourth-order valence-corrected chi connectivity index (χ4v) is 3.86. The summed E-state index contributed by atoms with van der Waals surface area (Å²) in [5, 5.41) is 35.8. The van der Waals surface area contributed by atoms with Gasteiger partial charge in [0.2, 0.25) is 0 Å². The summed E-state index contributed by atoms with van der Waals surface area (Å²) in [6, 6.07) is 0. The first-order valence-electron chi connectivity index (χ1n) is 5.89. The van der Waals surface area contributed by atoms with Gasteiger partial charge in [-0.15, -0.1) is 23.5 Å². The van der Waals surface area contributed by atoms with Gasteiger partial charge < -0.3 is 5.43 Å². The molecule has 2 rings (SSSR count). The zero-order chi connectivity index (χ0) is 16.3. The van der Waals surface area contributed by atoms with E-state index in [0.717, 1.165) is 17.2 Å². The van der Waals surface area contributed by atoms with E-state index >= 15 is 0 Å². The Hall–Kier alpha value is -1.86. The monoisotopic (exact) mass is 349 g/mol. The fourth-order valence-electron chi connectivity index (χ4n) is 1.92. The molecule has 0 amide bonds. The van der Waals surface area contributed by atoms with Crippen molar-refractivity contribution in [2.75, 3.05) is 16.8 Å². The maximum Gasteiger partial charge on any atom is 0.488 e. The van der Waals surface area contributed by atoms with Gasteiger partial charge in [0.05, 0.1) is 22.8 Å². The molecule has 0 saturated carbocycles. The molecule has 22 heavy (non-hydrogen) atoms. The Morgan fingerprint density at radius 1 is 1.14 bits per heavy atom. The number of allylic oxidation sites excluding steroid dienone is 1. The van der Waals surface area contributed by atoms with Crippen molar-refractivity contribution in [1.29, 1.82) is 0 Å². The van der Waals surface area contributed by atoms with Crippen molar-refractivity contribution in [3.63, 3.8) is 0 Å². The van der Waals surface area contributed by atoms with Crippen molar-refractivity contribution in [3.8, 4) is 0 Å². The van der Waals surface area contributed by atoms with Crippen molar-refractivity contribution in [2.24, 2.45) is 0 Å². The van der Waals surface area contributed by atoms with Gasteiger partial charge in [-0.2, -0.15) is 0 Å². The van der Waals surface area contributed by atoms with Crippen LogP contribution in [0.1, 0.15) is 6.42 Å². The van der Waals surface area contributed by atoms with Crippen LogP contribution >= 0.6 is 23.5 Å². The zero-order valence-electron chi connectivity index (χ0n) is 11.0. The topological polar surface area (TPSA) is 145 Å². The molecule has 1 fully saturated rings. The first kappa shape index (κ1) is 16.5. The van der Waals surface area contributed by atoms with E-state index < -0.39 is 32.6 Å². The smallest absolute Gasteiger partial charge is 0.312 e. The zero-order valence-corrected chi connectivity index (χ0v) is 12.7. The molecule has 1 aliphatic carbocycles. The highest BCUT2D eigenvalue weighted by atomic mass is 32.2. The van der Waals surface area contributed by atoms with E-state index in [1.54, 1.807) is 28.5 Å². The second-order valence-electron chi connectivity index (χ2n) is 4.46. The average molecular weight is 349 g/mol. The lowest BCUT2D eigenvalue weighted by Crippen LogP contribution is -2.48. The quantitative estimate of drug-likeness (QED) is 0.430. The molecular formula is C9H11N5O6S2. The van der Waals surface area contributed by atoms with E-state index in [9.17, 15) is 30.3 Å². The van der Waals surface area contributed by atoms with Gasteiger partial charge in [0.25, 0.3) is 5.70 Å². The Labute approximate surface area is 132 Å². The van der Waals surface area contributed by atoms with Crippen LogP contribution in [0.5, 0.6) is 0 Å². The summed E-state index contributed by atoms with van der Waals surface area (Å²) in [5.41, 5.74) is -0.431. The Balaban J connectivity index is 2.28. The molecule has 1 heterocycles. The molecule has 0 aromatic heterocycles. The normalized spacial score (nSPS) is 21.5. The van der Waals surface area contributed by atoms with Gasteiger partial charge >= 0.3 is 5.66 Å². The highest BCUT2D eigenvalue weighted by molar-refractivity contribution is 8.16. The summed E-state index contributed by atoms with van der Waals surface area (Å²) in [6.45, 7) is 0. The van der Waals surface area contributed by atoms with E-state index in [2.05, 4.69) is 5.43 Å². The number of rotatable bonds is 5. The number of nitrogens with zero attached hydrogens (tertiary/aromatic N) is 4. The van der Waals surface area contributed by atoms with E-state index in [1.165, 1.54) is 0 Å². The number of hydrazine groups is 1. The van der Waals surface area contributed by atoms with Gasteiger partial charge in [-0.05, 0) is 6.08 Å². The molecule has 2 aliphatic rings. The van der Waals surface area contributed by atoms with Gasteiger partial charge in [0, 0.05) is 5.08 Å². The molecule has 0 atom stereocenters. The van der Waals surface area contributed by atoms with E-state index in [1.807, 2.05) is 0 Å². The van der Waals surface area contributed by atoms with Crippen LogP contribution in [-0.4, -0.2) is 42.3 Å². The molecule has 0 bridgehead atoms. The second kappa shape index (κ2) is 6.50. The van der Waals surface area contributed by atoms with Crippen molar-refractivity contribution >= 4 is 23.5 Å². The molecule has 120 valence electrons. The van der Waals surface area contributed by atoms with Gasteiger partial charge in [0.1, 0.15) is 15.5 Å². The van der Waals surface area contributed by atoms with Gasteiger partial charge in [-0.25, -0.2) is 5.01 Å². The Morgan fingerprint density at radius 3 is 2.23 bits per heavy atom. The molecule has 13 heteroatoms. The first-order chi connectivity index (χ1) is 10.4. The number of hydrogen-bond donors (Lipinski definition) is 1. The highest BCUT2D eigenvalue weighted by Gasteiger charge is 2.59. The number of nitro groups is 3. The van der Waals surface area contributed by atoms with Crippen LogP contribution < -0.4 is 5.43 Å². The van der Waals surface area contributed by atoms with Crippen LogP contribution in [0.25, 0.3) is 0 Å². The standard InChI is InChI=1S/C9H11N5O6S2/c15-12(16)8-3-9(13(17)18,14(19)20)2-1-7(8)10-11-4-21-6-22-5-11/h1-2,10H,3-6H2. The molecule has 11 nitrogen and oxygen atoms in total. The largest absolute Gasteiger partial charge is 0.488 e.